The Balaban J connectivity index is 1.86. The van der Waals surface area contributed by atoms with Crippen molar-refractivity contribution in [3.8, 4) is 33.9 Å². The highest BCUT2D eigenvalue weighted by atomic mass is 16.3. The van der Waals surface area contributed by atoms with Crippen molar-refractivity contribution < 1.29 is 15.0 Å². The molecule has 0 aliphatic heterocycles. The molecule has 8 nitrogen and oxygen atoms in total. The molecule has 29 heavy (non-hydrogen) atoms. The summed E-state index contributed by atoms with van der Waals surface area (Å²) >= 11 is 0. The molecule has 2 aromatic heterocycles. The van der Waals surface area contributed by atoms with Crippen molar-refractivity contribution in [1.29, 1.82) is 5.41 Å². The van der Waals surface area contributed by atoms with E-state index < -0.39 is 5.91 Å². The summed E-state index contributed by atoms with van der Waals surface area (Å²) in [5, 5.41) is 28.7. The summed E-state index contributed by atoms with van der Waals surface area (Å²) in [6.45, 7) is 0. The topological polar surface area (TPSA) is 162 Å². The van der Waals surface area contributed by atoms with Crippen LogP contribution in [0.5, 0.6) is 11.5 Å². The van der Waals surface area contributed by atoms with E-state index in [0.29, 0.717) is 33.5 Å². The van der Waals surface area contributed by atoms with E-state index in [4.69, 9.17) is 16.9 Å². The molecule has 0 unspecified atom stereocenters. The zero-order chi connectivity index (χ0) is 20.7. The highest BCUT2D eigenvalue weighted by Gasteiger charge is 2.17. The Morgan fingerprint density at radius 3 is 2.45 bits per heavy atom. The van der Waals surface area contributed by atoms with E-state index in [9.17, 15) is 15.0 Å². The molecule has 0 atom stereocenters. The molecule has 0 aliphatic carbocycles. The van der Waals surface area contributed by atoms with Gasteiger partial charge in [0.1, 0.15) is 23.0 Å². The predicted octanol–water partition coefficient (Wildman–Crippen LogP) is 2.69. The number of H-pyrrole nitrogens is 1. The number of fused-ring (bicyclic) bond motifs is 1. The number of rotatable bonds is 4. The van der Waals surface area contributed by atoms with Crippen molar-refractivity contribution in [2.24, 2.45) is 11.5 Å². The number of benzene rings is 2. The van der Waals surface area contributed by atoms with Crippen LogP contribution in [0.1, 0.15) is 16.1 Å². The van der Waals surface area contributed by atoms with Crippen molar-refractivity contribution in [2.45, 2.75) is 0 Å². The molecule has 8 N–H and O–H groups in total. The predicted molar refractivity (Wildman–Crippen MR) is 110 cm³/mol. The Morgan fingerprint density at radius 1 is 0.966 bits per heavy atom. The monoisotopic (exact) mass is 387 g/mol. The Labute approximate surface area is 165 Å². The lowest BCUT2D eigenvalue weighted by atomic mass is 9.97. The van der Waals surface area contributed by atoms with Gasteiger partial charge in [0.25, 0.3) is 0 Å². The first-order chi connectivity index (χ1) is 13.8. The van der Waals surface area contributed by atoms with Gasteiger partial charge in [0.05, 0.1) is 16.7 Å². The van der Waals surface area contributed by atoms with Gasteiger partial charge in [-0.05, 0) is 42.5 Å². The zero-order valence-corrected chi connectivity index (χ0v) is 15.1. The fourth-order valence-corrected chi connectivity index (χ4v) is 3.19. The number of para-hydroxylation sites is 1. The lowest BCUT2D eigenvalue weighted by Gasteiger charge is -2.11. The normalized spacial score (nSPS) is 10.9. The van der Waals surface area contributed by atoms with Crippen LogP contribution in [-0.2, 0) is 0 Å². The maximum atomic E-state index is 11.5. The van der Waals surface area contributed by atoms with Crippen LogP contribution >= 0.6 is 0 Å². The molecule has 0 aliphatic rings. The molecule has 2 heterocycles. The molecule has 0 saturated carbocycles. The number of phenols is 2. The number of carbonyl (C=O) groups excluding carboxylic acids is 1. The van der Waals surface area contributed by atoms with E-state index in [1.807, 2.05) is 0 Å². The molecule has 8 heteroatoms. The molecule has 0 saturated heterocycles. The lowest BCUT2D eigenvalue weighted by Crippen LogP contribution is -2.12. The molecule has 0 radical (unpaired) electrons. The quantitative estimate of drug-likeness (QED) is 0.234. The number of amides is 1. The number of aromatic hydroxyl groups is 2. The van der Waals surface area contributed by atoms with Crippen molar-refractivity contribution in [1.82, 2.24) is 9.97 Å². The van der Waals surface area contributed by atoms with Gasteiger partial charge >= 0.3 is 0 Å². The van der Waals surface area contributed by atoms with Crippen LogP contribution in [0, 0.1) is 5.41 Å². The largest absolute Gasteiger partial charge is 0.507 e. The summed E-state index contributed by atoms with van der Waals surface area (Å²) in [7, 11) is 0. The van der Waals surface area contributed by atoms with E-state index in [-0.39, 0.29) is 28.5 Å². The minimum atomic E-state index is -0.634. The van der Waals surface area contributed by atoms with Gasteiger partial charge in [-0.3, -0.25) is 10.2 Å². The van der Waals surface area contributed by atoms with Crippen LogP contribution in [-0.4, -0.2) is 31.9 Å². The van der Waals surface area contributed by atoms with E-state index in [1.54, 1.807) is 36.4 Å². The first-order valence-electron chi connectivity index (χ1n) is 8.65. The number of amidine groups is 1. The van der Waals surface area contributed by atoms with Gasteiger partial charge < -0.3 is 26.7 Å². The van der Waals surface area contributed by atoms with Crippen LogP contribution < -0.4 is 11.5 Å². The molecular formula is C21H17N5O3. The Bertz CT molecular complexity index is 1290. The highest BCUT2D eigenvalue weighted by molar-refractivity contribution is 5.97. The first kappa shape index (κ1) is 18.1. The summed E-state index contributed by atoms with van der Waals surface area (Å²) in [4.78, 5) is 19.0. The fourth-order valence-electron chi connectivity index (χ4n) is 3.19. The first-order valence-corrected chi connectivity index (χ1v) is 8.65. The van der Waals surface area contributed by atoms with Crippen molar-refractivity contribution in [3.63, 3.8) is 0 Å². The number of carbonyl (C=O) groups is 1. The molecule has 1 amide bonds. The van der Waals surface area contributed by atoms with Crippen molar-refractivity contribution >= 4 is 22.8 Å². The maximum absolute atomic E-state index is 11.5. The van der Waals surface area contributed by atoms with Crippen molar-refractivity contribution in [2.75, 3.05) is 0 Å². The third-order valence-electron chi connectivity index (χ3n) is 4.65. The summed E-state index contributed by atoms with van der Waals surface area (Å²) in [5.41, 5.74) is 14.4. The summed E-state index contributed by atoms with van der Waals surface area (Å²) in [6.07, 6.45) is 0. The standard InChI is InChI=1S/C21H17N5O3/c22-20(23)15-6-5-14-17(26-15)9-16(25-14)12-3-1-2-11(19(12)28)13-8-10(21(24)29)4-7-18(13)27/h1-9,25,27-28H,(H3,22,23)(H2,24,29). The lowest BCUT2D eigenvalue weighted by molar-refractivity contribution is 0.100. The van der Waals surface area contributed by atoms with Gasteiger partial charge in [-0.25, -0.2) is 4.98 Å². The summed E-state index contributed by atoms with van der Waals surface area (Å²) < 4.78 is 0. The molecule has 144 valence electrons. The number of phenolic OH excluding ortho intramolecular Hbond substituents is 2. The van der Waals surface area contributed by atoms with Crippen LogP contribution in [0.2, 0.25) is 0 Å². The van der Waals surface area contributed by atoms with Crippen LogP contribution in [0.4, 0.5) is 0 Å². The number of primary amides is 1. The van der Waals surface area contributed by atoms with Crippen LogP contribution in [0.15, 0.2) is 54.6 Å². The smallest absolute Gasteiger partial charge is 0.248 e. The molecule has 4 aromatic rings. The number of hydrogen-bond donors (Lipinski definition) is 6. The number of hydrogen-bond acceptors (Lipinski definition) is 5. The number of pyridine rings is 1. The van der Waals surface area contributed by atoms with Gasteiger partial charge in [-0.2, -0.15) is 0 Å². The third kappa shape index (κ3) is 3.12. The number of nitrogens with one attached hydrogen (secondary N) is 2. The average Bonchev–Trinajstić information content (AvgIpc) is 3.11. The number of aromatic nitrogens is 2. The van der Waals surface area contributed by atoms with E-state index >= 15 is 0 Å². The minimum Gasteiger partial charge on any atom is -0.507 e. The average molecular weight is 387 g/mol. The fraction of sp³-hybridized carbons (Fsp3) is 0. The number of nitrogens with zero attached hydrogens (tertiary/aromatic N) is 1. The van der Waals surface area contributed by atoms with Gasteiger partial charge in [-0.15, -0.1) is 0 Å². The molecule has 4 rings (SSSR count). The second-order valence-electron chi connectivity index (χ2n) is 6.52. The van der Waals surface area contributed by atoms with Gasteiger partial charge in [0, 0.05) is 22.3 Å². The zero-order valence-electron chi connectivity index (χ0n) is 15.1. The van der Waals surface area contributed by atoms with E-state index in [2.05, 4.69) is 9.97 Å². The second-order valence-corrected chi connectivity index (χ2v) is 6.52. The summed E-state index contributed by atoms with van der Waals surface area (Å²) in [6, 6.07) is 14.4. The second kappa shape index (κ2) is 6.68. The molecule has 0 bridgehead atoms. The van der Waals surface area contributed by atoms with Crippen molar-refractivity contribution in [3.05, 3.63) is 65.9 Å². The Morgan fingerprint density at radius 2 is 1.72 bits per heavy atom. The maximum Gasteiger partial charge on any atom is 0.248 e. The number of nitrogens with two attached hydrogens (primary N) is 2. The van der Waals surface area contributed by atoms with Gasteiger partial charge in [0.15, 0.2) is 0 Å². The molecule has 0 spiro atoms. The van der Waals surface area contributed by atoms with Crippen LogP contribution in [0.25, 0.3) is 33.4 Å². The van der Waals surface area contributed by atoms with Crippen LogP contribution in [0.3, 0.4) is 0 Å². The number of aromatic amines is 1. The Hall–Kier alpha value is -4.33. The highest BCUT2D eigenvalue weighted by Crippen LogP contribution is 2.41. The van der Waals surface area contributed by atoms with E-state index in [1.165, 1.54) is 18.2 Å². The third-order valence-corrected chi connectivity index (χ3v) is 4.65. The number of nitrogen functional groups attached to an aromatic ring is 1. The minimum absolute atomic E-state index is 0.0808. The molecular weight excluding hydrogens is 370 g/mol. The Kier molecular flexibility index (Phi) is 4.16. The van der Waals surface area contributed by atoms with Gasteiger partial charge in [-0.1, -0.05) is 12.1 Å². The molecule has 2 aromatic carbocycles. The SMILES string of the molecule is N=C(N)c1ccc2[nH]c(-c3cccc(-c4cc(C(N)=O)ccc4O)c3O)cc2n1. The van der Waals surface area contributed by atoms with E-state index in [0.717, 1.165) is 0 Å². The van der Waals surface area contributed by atoms with Gasteiger partial charge in [0.2, 0.25) is 5.91 Å². The summed E-state index contributed by atoms with van der Waals surface area (Å²) in [5.74, 6) is -0.941. The molecule has 0 fully saturated rings.